The van der Waals surface area contributed by atoms with Crippen LogP contribution in [0.25, 0.3) is 0 Å². The zero-order valence-corrected chi connectivity index (χ0v) is 16.3. The Morgan fingerprint density at radius 1 is 1.00 bits per heavy atom. The Hall–Kier alpha value is -2.60. The van der Waals surface area contributed by atoms with E-state index in [1.165, 1.54) is 22.2 Å². The molecule has 0 aromatic heterocycles. The number of benzene rings is 2. The number of nitrogens with one attached hydrogen (secondary N) is 1. The lowest BCUT2D eigenvalue weighted by Gasteiger charge is -2.13. The minimum absolute atomic E-state index is 0.0519. The average molecular weight is 382 g/mol. The molecule has 1 aliphatic rings. The first kappa shape index (κ1) is 19.2. The molecule has 1 aliphatic heterocycles. The van der Waals surface area contributed by atoms with E-state index in [1.54, 1.807) is 24.3 Å². The van der Waals surface area contributed by atoms with E-state index in [-0.39, 0.29) is 17.7 Å². The second-order valence-electron chi connectivity index (χ2n) is 6.56. The second-order valence-corrected chi connectivity index (χ2v) is 7.67. The molecule has 0 bridgehead atoms. The third-order valence-electron chi connectivity index (χ3n) is 4.57. The number of amides is 3. The van der Waals surface area contributed by atoms with E-state index >= 15 is 0 Å². The van der Waals surface area contributed by atoms with Crippen LogP contribution >= 0.6 is 11.8 Å². The van der Waals surface area contributed by atoms with Gasteiger partial charge < -0.3 is 5.32 Å². The van der Waals surface area contributed by atoms with E-state index < -0.39 is 0 Å². The highest BCUT2D eigenvalue weighted by molar-refractivity contribution is 7.99. The molecular weight excluding hydrogens is 360 g/mol. The van der Waals surface area contributed by atoms with Gasteiger partial charge >= 0.3 is 0 Å². The predicted molar refractivity (Wildman–Crippen MR) is 108 cm³/mol. The standard InChI is InChI=1S/C21H22N2O3S/c1-14-8-9-16(12-15(14)2)22-19(24)13-27-11-5-10-23-20(25)17-6-3-4-7-18(17)21(23)26/h3-4,6-9,12H,5,10-11,13H2,1-2H3,(H,22,24). The quantitative estimate of drug-likeness (QED) is 0.586. The molecule has 0 spiro atoms. The number of fused-ring (bicyclic) bond motifs is 1. The number of carbonyl (C=O) groups excluding carboxylic acids is 3. The minimum atomic E-state index is -0.229. The van der Waals surface area contributed by atoms with Crippen LogP contribution in [0.15, 0.2) is 42.5 Å². The van der Waals surface area contributed by atoms with Crippen molar-refractivity contribution in [3.63, 3.8) is 0 Å². The number of carbonyl (C=O) groups is 3. The van der Waals surface area contributed by atoms with Crippen molar-refractivity contribution in [3.8, 4) is 0 Å². The van der Waals surface area contributed by atoms with E-state index in [4.69, 9.17) is 0 Å². The van der Waals surface area contributed by atoms with Crippen LogP contribution in [0.5, 0.6) is 0 Å². The molecule has 1 heterocycles. The van der Waals surface area contributed by atoms with Gasteiger partial charge in [-0.2, -0.15) is 11.8 Å². The SMILES string of the molecule is Cc1ccc(NC(=O)CSCCCN2C(=O)c3ccccc3C2=O)cc1C. The van der Waals surface area contributed by atoms with Gasteiger partial charge in [0.1, 0.15) is 0 Å². The highest BCUT2D eigenvalue weighted by Gasteiger charge is 2.34. The molecule has 27 heavy (non-hydrogen) atoms. The van der Waals surface area contributed by atoms with E-state index in [2.05, 4.69) is 5.32 Å². The van der Waals surface area contributed by atoms with Gasteiger partial charge in [0.2, 0.25) is 5.91 Å². The van der Waals surface area contributed by atoms with E-state index in [9.17, 15) is 14.4 Å². The fourth-order valence-corrected chi connectivity index (χ4v) is 3.68. The number of aryl methyl sites for hydroxylation is 2. The van der Waals surface area contributed by atoms with Gasteiger partial charge in [-0.05, 0) is 61.4 Å². The Labute approximate surface area is 163 Å². The molecule has 1 N–H and O–H groups in total. The molecule has 0 fully saturated rings. The minimum Gasteiger partial charge on any atom is -0.325 e. The average Bonchev–Trinajstić information content (AvgIpc) is 2.89. The lowest BCUT2D eigenvalue weighted by Crippen LogP contribution is -2.31. The summed E-state index contributed by atoms with van der Waals surface area (Å²) in [7, 11) is 0. The van der Waals surface area contributed by atoms with Crippen molar-refractivity contribution in [3.05, 3.63) is 64.7 Å². The second kappa shape index (κ2) is 8.39. The Bertz CT molecular complexity index is 860. The van der Waals surface area contributed by atoms with E-state index in [0.717, 1.165) is 11.3 Å². The molecule has 3 amide bonds. The molecule has 140 valence electrons. The van der Waals surface area contributed by atoms with Gasteiger partial charge in [0.05, 0.1) is 16.9 Å². The van der Waals surface area contributed by atoms with E-state index in [1.807, 2.05) is 32.0 Å². The molecule has 2 aromatic rings. The number of imide groups is 1. The largest absolute Gasteiger partial charge is 0.325 e. The molecule has 6 heteroatoms. The summed E-state index contributed by atoms with van der Waals surface area (Å²) in [6.07, 6.45) is 0.660. The van der Waals surface area contributed by atoms with Crippen molar-refractivity contribution in [2.45, 2.75) is 20.3 Å². The fraction of sp³-hybridized carbons (Fsp3) is 0.286. The zero-order chi connectivity index (χ0) is 19.4. The van der Waals surface area contributed by atoms with Crippen LogP contribution in [-0.2, 0) is 4.79 Å². The highest BCUT2D eigenvalue weighted by Crippen LogP contribution is 2.22. The summed E-state index contributed by atoms with van der Waals surface area (Å²) in [5.41, 5.74) is 4.08. The van der Waals surface area contributed by atoms with Gasteiger partial charge in [0.25, 0.3) is 11.8 Å². The Morgan fingerprint density at radius 3 is 2.30 bits per heavy atom. The molecular formula is C21H22N2O3S. The van der Waals surface area contributed by atoms with Gasteiger partial charge in [-0.25, -0.2) is 0 Å². The molecule has 0 atom stereocenters. The maximum Gasteiger partial charge on any atom is 0.261 e. The number of rotatable bonds is 7. The number of hydrogen-bond donors (Lipinski definition) is 1. The first-order valence-corrected chi connectivity index (χ1v) is 10.0. The van der Waals surface area contributed by atoms with Gasteiger partial charge in [-0.1, -0.05) is 18.2 Å². The summed E-state index contributed by atoms with van der Waals surface area (Å²) in [5.74, 6) is 0.535. The Morgan fingerprint density at radius 2 is 1.67 bits per heavy atom. The summed E-state index contributed by atoms with van der Waals surface area (Å²) in [6.45, 7) is 4.42. The molecule has 0 aliphatic carbocycles. The normalized spacial score (nSPS) is 13.0. The van der Waals surface area contributed by atoms with Gasteiger partial charge in [0, 0.05) is 12.2 Å². The van der Waals surface area contributed by atoms with Crippen LogP contribution in [0, 0.1) is 13.8 Å². The van der Waals surface area contributed by atoms with Crippen LogP contribution in [0.1, 0.15) is 38.3 Å². The zero-order valence-electron chi connectivity index (χ0n) is 15.5. The molecule has 0 saturated carbocycles. The first-order valence-electron chi connectivity index (χ1n) is 8.87. The summed E-state index contributed by atoms with van der Waals surface area (Å²) >= 11 is 1.50. The summed E-state index contributed by atoms with van der Waals surface area (Å²) in [5, 5.41) is 2.89. The highest BCUT2D eigenvalue weighted by atomic mass is 32.2. The van der Waals surface area contributed by atoms with Gasteiger partial charge in [0.15, 0.2) is 0 Å². The number of hydrogen-bond acceptors (Lipinski definition) is 4. The Balaban J connectivity index is 1.40. The van der Waals surface area contributed by atoms with Crippen LogP contribution in [0.2, 0.25) is 0 Å². The Kier molecular flexibility index (Phi) is 5.96. The first-order chi connectivity index (χ1) is 13.0. The molecule has 5 nitrogen and oxygen atoms in total. The predicted octanol–water partition coefficient (Wildman–Crippen LogP) is 3.66. The molecule has 0 radical (unpaired) electrons. The smallest absolute Gasteiger partial charge is 0.261 e. The lowest BCUT2D eigenvalue weighted by atomic mass is 10.1. The van der Waals surface area contributed by atoms with E-state index in [0.29, 0.717) is 35.6 Å². The fourth-order valence-electron chi connectivity index (χ4n) is 2.95. The topological polar surface area (TPSA) is 66.5 Å². The van der Waals surface area contributed by atoms with Gasteiger partial charge in [-0.15, -0.1) is 0 Å². The molecule has 3 rings (SSSR count). The third kappa shape index (κ3) is 4.39. The lowest BCUT2D eigenvalue weighted by molar-refractivity contribution is -0.113. The summed E-state index contributed by atoms with van der Waals surface area (Å²) in [6, 6.07) is 12.7. The molecule has 0 unspecified atom stereocenters. The third-order valence-corrected chi connectivity index (χ3v) is 5.62. The molecule has 2 aromatic carbocycles. The van der Waals surface area contributed by atoms with Crippen LogP contribution in [-0.4, -0.2) is 40.7 Å². The molecule has 0 saturated heterocycles. The van der Waals surface area contributed by atoms with Crippen LogP contribution < -0.4 is 5.32 Å². The summed E-state index contributed by atoms with van der Waals surface area (Å²) < 4.78 is 0. The van der Waals surface area contributed by atoms with Crippen molar-refractivity contribution in [1.29, 1.82) is 0 Å². The van der Waals surface area contributed by atoms with Crippen molar-refractivity contribution in [1.82, 2.24) is 4.90 Å². The summed E-state index contributed by atoms with van der Waals surface area (Å²) in [4.78, 5) is 37.9. The monoisotopic (exact) mass is 382 g/mol. The van der Waals surface area contributed by atoms with Crippen molar-refractivity contribution in [2.75, 3.05) is 23.4 Å². The number of thioether (sulfide) groups is 1. The maximum atomic E-state index is 12.3. The van der Waals surface area contributed by atoms with Crippen LogP contribution in [0.3, 0.4) is 0 Å². The maximum absolute atomic E-state index is 12.3. The number of nitrogens with zero attached hydrogens (tertiary/aromatic N) is 1. The van der Waals surface area contributed by atoms with Crippen molar-refractivity contribution >= 4 is 35.2 Å². The van der Waals surface area contributed by atoms with Crippen LogP contribution in [0.4, 0.5) is 5.69 Å². The van der Waals surface area contributed by atoms with Gasteiger partial charge in [-0.3, -0.25) is 19.3 Å². The van der Waals surface area contributed by atoms with Crippen molar-refractivity contribution in [2.24, 2.45) is 0 Å². The number of anilines is 1. The van der Waals surface area contributed by atoms with Crippen molar-refractivity contribution < 1.29 is 14.4 Å².